The normalized spacial score (nSPS) is 28.9. The molecule has 1 saturated carbocycles. The fraction of sp³-hybridized carbons (Fsp3) is 0.857. The molecule has 0 radical (unpaired) electrons. The first-order valence-electron chi connectivity index (χ1n) is 7.60. The lowest BCUT2D eigenvalue weighted by Crippen LogP contribution is -2.36. The van der Waals surface area contributed by atoms with E-state index in [9.17, 15) is 0 Å². The van der Waals surface area contributed by atoms with Crippen LogP contribution in [0.5, 0.6) is 0 Å². The highest BCUT2D eigenvalue weighted by molar-refractivity contribution is 5.08. The van der Waals surface area contributed by atoms with Crippen molar-refractivity contribution >= 4 is 0 Å². The summed E-state index contributed by atoms with van der Waals surface area (Å²) >= 11 is 0. The van der Waals surface area contributed by atoms with Crippen LogP contribution in [-0.4, -0.2) is 38.8 Å². The number of hydrogen-bond donors (Lipinski definition) is 1. The fourth-order valence-electron chi connectivity index (χ4n) is 3.24. The van der Waals surface area contributed by atoms with E-state index in [0.717, 1.165) is 31.0 Å². The average molecular weight is 263 g/mol. The molecule has 3 rings (SSSR count). The van der Waals surface area contributed by atoms with Crippen LogP contribution in [0, 0.1) is 0 Å². The minimum atomic E-state index is 0.371. The first kappa shape index (κ1) is 13.1. The molecule has 106 valence electrons. The maximum atomic E-state index is 5.86. The zero-order valence-electron chi connectivity index (χ0n) is 11.9. The molecule has 0 amide bonds. The predicted octanol–water partition coefficient (Wildman–Crippen LogP) is 1.40. The topological polar surface area (TPSA) is 60.0 Å². The Labute approximate surface area is 115 Å². The van der Waals surface area contributed by atoms with E-state index >= 15 is 0 Å². The summed E-state index contributed by atoms with van der Waals surface area (Å²) in [5.41, 5.74) is 5.86. The zero-order chi connectivity index (χ0) is 13.2. The summed E-state index contributed by atoms with van der Waals surface area (Å²) in [6.07, 6.45) is 7.52. The van der Waals surface area contributed by atoms with Crippen molar-refractivity contribution in [2.24, 2.45) is 12.8 Å². The van der Waals surface area contributed by atoms with Crippen molar-refractivity contribution < 1.29 is 0 Å². The van der Waals surface area contributed by atoms with Gasteiger partial charge in [0.25, 0.3) is 0 Å². The molecular weight excluding hydrogens is 238 g/mol. The number of hydrogen-bond acceptors (Lipinski definition) is 4. The van der Waals surface area contributed by atoms with Gasteiger partial charge in [0.15, 0.2) is 0 Å². The number of likely N-dealkylation sites (tertiary alicyclic amines) is 1. The molecule has 0 unspecified atom stereocenters. The molecule has 19 heavy (non-hydrogen) atoms. The van der Waals surface area contributed by atoms with Gasteiger partial charge in [-0.25, -0.2) is 0 Å². The molecule has 1 saturated heterocycles. The van der Waals surface area contributed by atoms with Crippen molar-refractivity contribution in [3.63, 3.8) is 0 Å². The molecular formula is C14H25N5. The summed E-state index contributed by atoms with van der Waals surface area (Å²) in [7, 11) is 2.10. The predicted molar refractivity (Wildman–Crippen MR) is 74.7 cm³/mol. The van der Waals surface area contributed by atoms with Gasteiger partial charge in [-0.3, -0.25) is 4.90 Å². The molecule has 0 bridgehead atoms. The summed E-state index contributed by atoms with van der Waals surface area (Å²) in [5, 5.41) is 8.79. The standard InChI is InChI=1S/C14H25N5/c1-18-13(10-19-6-4-2-3-5-7-19)16-17-14(18)11-8-12(15)9-11/h11-12H,2-10,15H2,1H3. The van der Waals surface area contributed by atoms with Crippen LogP contribution < -0.4 is 5.73 Å². The Bertz CT molecular complexity index is 413. The average Bonchev–Trinajstić information content (AvgIpc) is 2.57. The first-order valence-corrected chi connectivity index (χ1v) is 7.60. The van der Waals surface area contributed by atoms with Crippen LogP contribution >= 0.6 is 0 Å². The fourth-order valence-corrected chi connectivity index (χ4v) is 3.24. The smallest absolute Gasteiger partial charge is 0.146 e. The summed E-state index contributed by atoms with van der Waals surface area (Å²) in [5.74, 6) is 2.77. The van der Waals surface area contributed by atoms with Crippen molar-refractivity contribution in [3.8, 4) is 0 Å². The van der Waals surface area contributed by atoms with Crippen LogP contribution in [0.15, 0.2) is 0 Å². The van der Waals surface area contributed by atoms with E-state index in [1.807, 2.05) is 0 Å². The maximum absolute atomic E-state index is 5.86. The van der Waals surface area contributed by atoms with Gasteiger partial charge < -0.3 is 10.3 Å². The van der Waals surface area contributed by atoms with E-state index in [1.165, 1.54) is 38.8 Å². The first-order chi connectivity index (χ1) is 9.24. The number of aromatic nitrogens is 3. The SMILES string of the molecule is Cn1c(CN2CCCCCC2)nnc1C1CC(N)C1. The lowest BCUT2D eigenvalue weighted by atomic mass is 9.80. The highest BCUT2D eigenvalue weighted by Crippen LogP contribution is 2.34. The Morgan fingerprint density at radius 2 is 1.79 bits per heavy atom. The molecule has 2 N–H and O–H groups in total. The molecule has 1 aromatic heterocycles. The van der Waals surface area contributed by atoms with Crippen molar-refractivity contribution in [2.75, 3.05) is 13.1 Å². The Morgan fingerprint density at radius 1 is 1.11 bits per heavy atom. The molecule has 1 aromatic rings. The van der Waals surface area contributed by atoms with Gasteiger partial charge in [0.1, 0.15) is 11.6 Å². The Kier molecular flexibility index (Phi) is 3.84. The third kappa shape index (κ3) is 2.82. The van der Waals surface area contributed by atoms with Crippen molar-refractivity contribution in [1.29, 1.82) is 0 Å². The maximum Gasteiger partial charge on any atom is 0.146 e. The van der Waals surface area contributed by atoms with Crippen LogP contribution in [0.4, 0.5) is 0 Å². The monoisotopic (exact) mass is 263 g/mol. The Hall–Kier alpha value is -0.940. The molecule has 1 aliphatic heterocycles. The van der Waals surface area contributed by atoms with E-state index < -0.39 is 0 Å². The van der Waals surface area contributed by atoms with Crippen LogP contribution in [0.25, 0.3) is 0 Å². The summed E-state index contributed by atoms with van der Waals surface area (Å²) in [6.45, 7) is 3.36. The van der Waals surface area contributed by atoms with E-state index in [1.54, 1.807) is 0 Å². The highest BCUT2D eigenvalue weighted by atomic mass is 15.3. The molecule has 1 aliphatic carbocycles. The Morgan fingerprint density at radius 3 is 2.42 bits per heavy atom. The second-order valence-electron chi connectivity index (χ2n) is 6.15. The molecule has 0 aromatic carbocycles. The third-order valence-corrected chi connectivity index (χ3v) is 4.60. The lowest BCUT2D eigenvalue weighted by molar-refractivity contribution is 0.265. The van der Waals surface area contributed by atoms with Gasteiger partial charge in [-0.2, -0.15) is 0 Å². The van der Waals surface area contributed by atoms with Crippen LogP contribution in [0.2, 0.25) is 0 Å². The van der Waals surface area contributed by atoms with Gasteiger partial charge in [0.2, 0.25) is 0 Å². The second kappa shape index (κ2) is 5.59. The minimum Gasteiger partial charge on any atom is -0.328 e. The quantitative estimate of drug-likeness (QED) is 0.895. The van der Waals surface area contributed by atoms with E-state index in [0.29, 0.717) is 12.0 Å². The molecule has 2 fully saturated rings. The second-order valence-corrected chi connectivity index (χ2v) is 6.15. The molecule has 5 heteroatoms. The molecule has 5 nitrogen and oxygen atoms in total. The molecule has 0 atom stereocenters. The Balaban J connectivity index is 1.64. The molecule has 2 aliphatic rings. The summed E-state index contributed by atoms with van der Waals surface area (Å²) in [4.78, 5) is 2.52. The number of rotatable bonds is 3. The van der Waals surface area contributed by atoms with Crippen molar-refractivity contribution in [2.45, 2.75) is 57.0 Å². The number of nitrogens with two attached hydrogens (primary N) is 1. The van der Waals surface area contributed by atoms with Crippen LogP contribution in [0.1, 0.15) is 56.1 Å². The van der Waals surface area contributed by atoms with Gasteiger partial charge >= 0.3 is 0 Å². The molecule has 0 spiro atoms. The lowest BCUT2D eigenvalue weighted by Gasteiger charge is -2.31. The summed E-state index contributed by atoms with van der Waals surface area (Å²) in [6, 6.07) is 0.371. The van der Waals surface area contributed by atoms with E-state index in [4.69, 9.17) is 5.73 Å². The highest BCUT2D eigenvalue weighted by Gasteiger charge is 2.31. The van der Waals surface area contributed by atoms with Gasteiger partial charge in [0.05, 0.1) is 6.54 Å². The minimum absolute atomic E-state index is 0.371. The van der Waals surface area contributed by atoms with Crippen LogP contribution in [0.3, 0.4) is 0 Å². The largest absolute Gasteiger partial charge is 0.328 e. The zero-order valence-corrected chi connectivity index (χ0v) is 11.9. The third-order valence-electron chi connectivity index (χ3n) is 4.60. The van der Waals surface area contributed by atoms with Gasteiger partial charge in [-0.05, 0) is 38.8 Å². The summed E-state index contributed by atoms with van der Waals surface area (Å²) < 4.78 is 2.20. The van der Waals surface area contributed by atoms with Gasteiger partial charge in [-0.15, -0.1) is 10.2 Å². The van der Waals surface area contributed by atoms with Crippen LogP contribution in [-0.2, 0) is 13.6 Å². The van der Waals surface area contributed by atoms with Crippen molar-refractivity contribution in [3.05, 3.63) is 11.6 Å². The van der Waals surface area contributed by atoms with Crippen molar-refractivity contribution in [1.82, 2.24) is 19.7 Å². The molecule has 2 heterocycles. The van der Waals surface area contributed by atoms with E-state index in [-0.39, 0.29) is 0 Å². The van der Waals surface area contributed by atoms with E-state index in [2.05, 4.69) is 26.7 Å². The van der Waals surface area contributed by atoms with Gasteiger partial charge in [-0.1, -0.05) is 12.8 Å². The number of nitrogens with zero attached hydrogens (tertiary/aromatic N) is 4. The van der Waals surface area contributed by atoms with Gasteiger partial charge in [0, 0.05) is 19.0 Å².